The number of aromatic nitrogens is 1. The second kappa shape index (κ2) is 13.7. The summed E-state index contributed by atoms with van der Waals surface area (Å²) >= 11 is 0. The average molecular weight is 624 g/mol. The Morgan fingerprint density at radius 3 is 2.63 bits per heavy atom. The Bertz CT molecular complexity index is 1910. The molecule has 2 amide bonds. The summed E-state index contributed by atoms with van der Waals surface area (Å²) in [6.07, 6.45) is 6.29. The van der Waals surface area contributed by atoms with Crippen molar-refractivity contribution in [2.45, 2.75) is 19.3 Å². The molecule has 5 aromatic rings. The van der Waals surface area contributed by atoms with Crippen molar-refractivity contribution in [1.29, 1.82) is 0 Å². The van der Waals surface area contributed by atoms with Gasteiger partial charge in [0.2, 0.25) is 0 Å². The van der Waals surface area contributed by atoms with E-state index in [1.165, 1.54) is 37.3 Å². The number of carbonyl (C=O) groups excluding carboxylic acids is 1. The minimum absolute atomic E-state index is 0.0285. The van der Waals surface area contributed by atoms with Gasteiger partial charge in [-0.25, -0.2) is 9.18 Å². The third-order valence-corrected chi connectivity index (χ3v) is 7.90. The first-order valence-electron chi connectivity index (χ1n) is 15.0. The fourth-order valence-corrected chi connectivity index (χ4v) is 5.58. The summed E-state index contributed by atoms with van der Waals surface area (Å²) in [4.78, 5) is 19.2. The van der Waals surface area contributed by atoms with Gasteiger partial charge in [-0.2, -0.15) is 10.1 Å². The van der Waals surface area contributed by atoms with E-state index in [9.17, 15) is 9.90 Å². The Labute approximate surface area is 265 Å². The van der Waals surface area contributed by atoms with Crippen molar-refractivity contribution < 1.29 is 28.5 Å². The van der Waals surface area contributed by atoms with Crippen LogP contribution in [-0.4, -0.2) is 60.6 Å². The molecule has 1 fully saturated rings. The molecular formula is C35H34FN5O5. The third-order valence-electron chi connectivity index (χ3n) is 7.90. The molecule has 3 N–H and O–H groups in total. The maximum absolute atomic E-state index is 15.4. The number of aromatic hydroxyl groups is 1. The summed E-state index contributed by atoms with van der Waals surface area (Å²) in [5.41, 5.74) is 6.64. The van der Waals surface area contributed by atoms with Gasteiger partial charge in [-0.3, -0.25) is 4.98 Å². The first kappa shape index (κ1) is 30.6. The number of methoxy groups -OCH3 is 1. The van der Waals surface area contributed by atoms with E-state index in [-0.39, 0.29) is 17.2 Å². The highest BCUT2D eigenvalue weighted by molar-refractivity contribution is 6.03. The lowest BCUT2D eigenvalue weighted by molar-refractivity contribution is 0.254. The molecule has 236 valence electrons. The van der Waals surface area contributed by atoms with Crippen molar-refractivity contribution in [2.75, 3.05) is 38.4 Å². The Morgan fingerprint density at radius 2 is 1.85 bits per heavy atom. The number of benzene rings is 4. The fourth-order valence-electron chi connectivity index (χ4n) is 5.58. The Balaban J connectivity index is 1.21. The Kier molecular flexibility index (Phi) is 9.11. The van der Waals surface area contributed by atoms with Crippen LogP contribution in [0.5, 0.6) is 28.7 Å². The van der Waals surface area contributed by atoms with E-state index >= 15 is 4.39 Å². The number of anilines is 1. The fraction of sp³-hybridized carbons (Fsp3) is 0.229. The van der Waals surface area contributed by atoms with E-state index in [1.807, 2.05) is 24.3 Å². The van der Waals surface area contributed by atoms with E-state index in [4.69, 9.17) is 19.9 Å². The molecule has 11 heteroatoms. The van der Waals surface area contributed by atoms with E-state index < -0.39 is 11.8 Å². The molecule has 0 bridgehead atoms. The van der Waals surface area contributed by atoms with Gasteiger partial charge in [0.15, 0.2) is 23.1 Å². The average Bonchev–Trinajstić information content (AvgIpc) is 3.58. The van der Waals surface area contributed by atoms with Gasteiger partial charge in [-0.05, 0) is 73.5 Å². The molecule has 1 aliphatic heterocycles. The third kappa shape index (κ3) is 6.64. The van der Waals surface area contributed by atoms with E-state index in [2.05, 4.69) is 15.0 Å². The van der Waals surface area contributed by atoms with Crippen LogP contribution >= 0.6 is 0 Å². The van der Waals surface area contributed by atoms with Crippen LogP contribution in [0.15, 0.2) is 84.1 Å². The molecule has 1 saturated heterocycles. The number of hydrogen-bond donors (Lipinski definition) is 2. The van der Waals surface area contributed by atoms with Gasteiger partial charge < -0.3 is 30.0 Å². The van der Waals surface area contributed by atoms with Crippen molar-refractivity contribution in [2.24, 2.45) is 10.8 Å². The molecule has 0 unspecified atom stereocenters. The number of halogens is 1. The molecule has 1 aliphatic rings. The van der Waals surface area contributed by atoms with E-state index in [0.29, 0.717) is 40.3 Å². The number of amides is 2. The SMILES string of the molecule is COc1cc2c(Oc3ccc(N(/N=C/c4c(O)ccc5ccccc45)C(N)=O)cc3F)ccnc2cc1OCCCN1CCCC1. The van der Waals surface area contributed by atoms with Crippen LogP contribution in [0.1, 0.15) is 24.8 Å². The lowest BCUT2D eigenvalue weighted by Gasteiger charge is -2.17. The number of carbonyl (C=O) groups is 1. The number of phenols is 1. The number of fused-ring (bicyclic) bond motifs is 2. The molecule has 0 radical (unpaired) electrons. The van der Waals surface area contributed by atoms with Crippen molar-refractivity contribution in [3.05, 3.63) is 90.4 Å². The van der Waals surface area contributed by atoms with Crippen LogP contribution < -0.4 is 25.0 Å². The Morgan fingerprint density at radius 1 is 1.02 bits per heavy atom. The summed E-state index contributed by atoms with van der Waals surface area (Å²) in [5, 5.41) is 17.7. The van der Waals surface area contributed by atoms with Gasteiger partial charge in [0, 0.05) is 35.8 Å². The van der Waals surface area contributed by atoms with Gasteiger partial charge in [-0.15, -0.1) is 0 Å². The Hall–Kier alpha value is -5.42. The van der Waals surface area contributed by atoms with Crippen LogP contribution in [0.25, 0.3) is 21.7 Å². The zero-order valence-corrected chi connectivity index (χ0v) is 25.4. The minimum atomic E-state index is -0.940. The van der Waals surface area contributed by atoms with E-state index in [0.717, 1.165) is 47.9 Å². The lowest BCUT2D eigenvalue weighted by atomic mass is 10.0. The zero-order chi connectivity index (χ0) is 32.0. The predicted molar refractivity (Wildman–Crippen MR) is 176 cm³/mol. The number of urea groups is 1. The van der Waals surface area contributed by atoms with Gasteiger partial charge in [0.05, 0.1) is 31.1 Å². The second-order valence-electron chi connectivity index (χ2n) is 10.9. The van der Waals surface area contributed by atoms with Crippen molar-refractivity contribution >= 4 is 39.6 Å². The standard InChI is InChI=1S/C35H34FN5O5/c1-44-33-20-26-29(21-34(33)45-18-6-17-40-15-4-5-16-40)38-14-13-31(26)46-32-12-10-24(19-28(32)36)41(35(37)43)39-22-27-25-8-3-2-7-23(25)9-11-30(27)42/h2-3,7-14,19-22,42H,4-6,15-18H2,1H3,(H2,37,43)/b39-22+. The number of primary amides is 1. The van der Waals surface area contributed by atoms with Crippen LogP contribution in [0, 0.1) is 5.82 Å². The summed E-state index contributed by atoms with van der Waals surface area (Å²) in [7, 11) is 1.56. The number of likely N-dealkylation sites (tertiary alicyclic amines) is 1. The van der Waals surface area contributed by atoms with Crippen LogP contribution in [0.4, 0.5) is 14.9 Å². The van der Waals surface area contributed by atoms with Crippen molar-refractivity contribution in [3.63, 3.8) is 0 Å². The molecule has 1 aromatic heterocycles. The molecule has 0 spiro atoms. The summed E-state index contributed by atoms with van der Waals surface area (Å²) < 4.78 is 33.0. The monoisotopic (exact) mass is 623 g/mol. The maximum atomic E-state index is 15.4. The van der Waals surface area contributed by atoms with Crippen molar-refractivity contribution in [3.8, 4) is 28.7 Å². The molecule has 46 heavy (non-hydrogen) atoms. The van der Waals surface area contributed by atoms with Crippen LogP contribution in [0.3, 0.4) is 0 Å². The highest BCUT2D eigenvalue weighted by atomic mass is 19.1. The van der Waals surface area contributed by atoms with Crippen LogP contribution in [0.2, 0.25) is 0 Å². The number of pyridine rings is 1. The predicted octanol–water partition coefficient (Wildman–Crippen LogP) is 6.82. The first-order valence-corrected chi connectivity index (χ1v) is 15.0. The number of ether oxygens (including phenoxy) is 3. The highest BCUT2D eigenvalue weighted by Gasteiger charge is 2.18. The number of hydrogen-bond acceptors (Lipinski definition) is 8. The normalized spacial score (nSPS) is 13.4. The van der Waals surface area contributed by atoms with E-state index in [1.54, 1.807) is 37.6 Å². The quantitative estimate of drug-likeness (QED) is 0.0941. The number of nitrogens with zero attached hydrogens (tertiary/aromatic N) is 4. The molecule has 0 atom stereocenters. The molecule has 0 aliphatic carbocycles. The van der Waals surface area contributed by atoms with Crippen LogP contribution in [-0.2, 0) is 0 Å². The summed E-state index contributed by atoms with van der Waals surface area (Å²) in [6.45, 7) is 3.82. The number of phenolic OH excluding ortho intramolecular Hbond substituents is 1. The lowest BCUT2D eigenvalue weighted by Crippen LogP contribution is -2.31. The van der Waals surface area contributed by atoms with Gasteiger partial charge in [0.25, 0.3) is 0 Å². The highest BCUT2D eigenvalue weighted by Crippen LogP contribution is 2.38. The maximum Gasteiger partial charge on any atom is 0.340 e. The van der Waals surface area contributed by atoms with Gasteiger partial charge in [0.1, 0.15) is 11.5 Å². The molecule has 2 heterocycles. The number of hydrazone groups is 1. The summed E-state index contributed by atoms with van der Waals surface area (Å²) in [6, 6.07) is 18.9. The largest absolute Gasteiger partial charge is 0.507 e. The molecule has 4 aromatic carbocycles. The topological polar surface area (TPSA) is 123 Å². The molecule has 6 rings (SSSR count). The number of nitrogens with two attached hydrogens (primary N) is 1. The number of rotatable bonds is 11. The smallest absolute Gasteiger partial charge is 0.340 e. The second-order valence-corrected chi connectivity index (χ2v) is 10.9. The molecular weight excluding hydrogens is 589 g/mol. The molecule has 0 saturated carbocycles. The first-order chi connectivity index (χ1) is 22.4. The van der Waals surface area contributed by atoms with Crippen molar-refractivity contribution in [1.82, 2.24) is 9.88 Å². The van der Waals surface area contributed by atoms with Gasteiger partial charge in [-0.1, -0.05) is 30.3 Å². The minimum Gasteiger partial charge on any atom is -0.507 e. The summed E-state index contributed by atoms with van der Waals surface area (Å²) in [5.74, 6) is 0.570. The van der Waals surface area contributed by atoms with Gasteiger partial charge >= 0.3 is 6.03 Å². The molecule has 10 nitrogen and oxygen atoms in total. The zero-order valence-electron chi connectivity index (χ0n) is 25.4.